The number of nitrogens with zero attached hydrogens (tertiary/aromatic N) is 3. The van der Waals surface area contributed by atoms with E-state index in [1.165, 1.54) is 18.5 Å². The van der Waals surface area contributed by atoms with Gasteiger partial charge >= 0.3 is 6.55 Å². The highest BCUT2D eigenvalue weighted by Crippen LogP contribution is 2.12. The third-order valence-electron chi connectivity index (χ3n) is 3.29. The lowest BCUT2D eigenvalue weighted by molar-refractivity contribution is 0.0668. The van der Waals surface area contributed by atoms with Gasteiger partial charge in [-0.1, -0.05) is 12.1 Å². The number of benzene rings is 1. The second-order valence-electron chi connectivity index (χ2n) is 4.89. The van der Waals surface area contributed by atoms with Crippen molar-refractivity contribution in [1.29, 1.82) is 0 Å². The van der Waals surface area contributed by atoms with Crippen LogP contribution in [-0.4, -0.2) is 22.6 Å². The van der Waals surface area contributed by atoms with Crippen molar-refractivity contribution in [2.75, 3.05) is 7.05 Å². The molecule has 0 aliphatic rings. The lowest BCUT2D eigenvalue weighted by Crippen LogP contribution is -2.37. The van der Waals surface area contributed by atoms with Crippen molar-refractivity contribution in [2.45, 2.75) is 26.6 Å². The van der Waals surface area contributed by atoms with Gasteiger partial charge in [-0.25, -0.2) is 9.37 Å². The molecule has 0 saturated carbocycles. The van der Waals surface area contributed by atoms with Crippen LogP contribution in [0.1, 0.15) is 23.5 Å². The third kappa shape index (κ3) is 5.39. The molecule has 2 rings (SSSR count). The van der Waals surface area contributed by atoms with Crippen LogP contribution in [0.15, 0.2) is 35.6 Å². The molecule has 0 amide bonds. The Bertz CT molecular complexity index is 687. The van der Waals surface area contributed by atoms with E-state index in [0.717, 1.165) is 10.1 Å². The van der Waals surface area contributed by atoms with Gasteiger partial charge in [0.1, 0.15) is 11.6 Å². The summed E-state index contributed by atoms with van der Waals surface area (Å²) >= 11 is 0. The maximum atomic E-state index is 13.5. The summed E-state index contributed by atoms with van der Waals surface area (Å²) in [5.41, 5.74) is 1.33. The maximum absolute atomic E-state index is 13.5. The van der Waals surface area contributed by atoms with Crippen LogP contribution in [0.3, 0.4) is 0 Å². The van der Waals surface area contributed by atoms with E-state index >= 15 is 0 Å². The summed E-state index contributed by atoms with van der Waals surface area (Å²) in [6, 6.07) is 4.95. The van der Waals surface area contributed by atoms with Gasteiger partial charge in [-0.2, -0.15) is 8.78 Å². The number of guanidine groups is 1. The Labute approximate surface area is 155 Å². The molecule has 0 aliphatic carbocycles. The van der Waals surface area contributed by atoms with Gasteiger partial charge in [0.05, 0.1) is 6.54 Å². The Balaban J connectivity index is 0.00000288. The number of aryl methyl sites for hydroxylation is 1. The van der Waals surface area contributed by atoms with Gasteiger partial charge < -0.3 is 10.6 Å². The minimum absolute atomic E-state index is 0. The molecule has 1 aromatic heterocycles. The average Bonchev–Trinajstić information content (AvgIpc) is 2.99. The number of aromatic nitrogens is 2. The Morgan fingerprint density at radius 1 is 1.29 bits per heavy atom. The second kappa shape index (κ2) is 9.50. The Morgan fingerprint density at radius 2 is 2.00 bits per heavy atom. The highest BCUT2D eigenvalue weighted by Gasteiger charge is 2.11. The van der Waals surface area contributed by atoms with Gasteiger partial charge in [0.15, 0.2) is 5.96 Å². The molecule has 0 atom stereocenters. The molecule has 132 valence electrons. The van der Waals surface area contributed by atoms with Crippen LogP contribution in [0.2, 0.25) is 0 Å². The number of rotatable bonds is 5. The molecular weight excluding hydrogens is 434 g/mol. The number of nitrogens with one attached hydrogen (secondary N) is 2. The summed E-state index contributed by atoms with van der Waals surface area (Å²) in [4.78, 5) is 7.86. The van der Waals surface area contributed by atoms with E-state index in [4.69, 9.17) is 0 Å². The van der Waals surface area contributed by atoms with Crippen molar-refractivity contribution < 1.29 is 13.2 Å². The average molecular weight is 453 g/mol. The standard InChI is InChI=1S/C15H18F3N5.HI/c1-10-3-4-11(7-12(10)16)8-21-15(19-2)22-9-13-20-5-6-23(13)14(17)18;/h3-7,14H,8-9H2,1-2H3,(H2,19,21,22);1H. The molecule has 9 heteroatoms. The number of hydrogen-bond donors (Lipinski definition) is 2. The van der Waals surface area contributed by atoms with Crippen LogP contribution in [-0.2, 0) is 13.1 Å². The van der Waals surface area contributed by atoms with Crippen molar-refractivity contribution in [3.05, 3.63) is 53.4 Å². The third-order valence-corrected chi connectivity index (χ3v) is 3.29. The summed E-state index contributed by atoms with van der Waals surface area (Å²) in [5.74, 6) is 0.338. The monoisotopic (exact) mass is 453 g/mol. The SMILES string of the molecule is CN=C(NCc1ccc(C)c(F)c1)NCc1nccn1C(F)F.I. The molecule has 0 spiro atoms. The summed E-state index contributed by atoms with van der Waals surface area (Å²) in [5, 5.41) is 5.88. The van der Waals surface area contributed by atoms with Gasteiger partial charge in [-0.3, -0.25) is 9.56 Å². The van der Waals surface area contributed by atoms with Crippen molar-refractivity contribution in [1.82, 2.24) is 20.2 Å². The molecule has 0 fully saturated rings. The van der Waals surface area contributed by atoms with Crippen LogP contribution < -0.4 is 10.6 Å². The Kier molecular flexibility index (Phi) is 8.02. The van der Waals surface area contributed by atoms with Gasteiger partial charge in [0.2, 0.25) is 0 Å². The van der Waals surface area contributed by atoms with E-state index in [9.17, 15) is 13.2 Å². The predicted molar refractivity (Wildman–Crippen MR) is 97.1 cm³/mol. The predicted octanol–water partition coefficient (Wildman–Crippen LogP) is 3.21. The van der Waals surface area contributed by atoms with Gasteiger partial charge in [-0.05, 0) is 24.1 Å². The fourth-order valence-electron chi connectivity index (χ4n) is 1.97. The molecule has 5 nitrogen and oxygen atoms in total. The van der Waals surface area contributed by atoms with Crippen LogP contribution in [0.4, 0.5) is 13.2 Å². The highest BCUT2D eigenvalue weighted by molar-refractivity contribution is 14.0. The minimum atomic E-state index is -2.64. The van der Waals surface area contributed by atoms with Crippen LogP contribution >= 0.6 is 24.0 Å². The first-order chi connectivity index (χ1) is 11.0. The second-order valence-corrected chi connectivity index (χ2v) is 4.89. The molecule has 0 saturated heterocycles. The first-order valence-corrected chi connectivity index (χ1v) is 7.00. The molecule has 24 heavy (non-hydrogen) atoms. The molecule has 0 bridgehead atoms. The fraction of sp³-hybridized carbons (Fsp3) is 0.333. The zero-order valence-corrected chi connectivity index (χ0v) is 15.6. The van der Waals surface area contributed by atoms with Gasteiger partial charge in [0.25, 0.3) is 0 Å². The smallest absolute Gasteiger partial charge is 0.319 e. The number of hydrogen-bond acceptors (Lipinski definition) is 2. The number of imidazole rings is 1. The summed E-state index contributed by atoms with van der Waals surface area (Å²) in [6.45, 7) is -0.489. The maximum Gasteiger partial charge on any atom is 0.319 e. The van der Waals surface area contributed by atoms with Gasteiger partial charge in [0, 0.05) is 26.0 Å². The largest absolute Gasteiger partial charge is 0.352 e. The van der Waals surface area contributed by atoms with E-state index in [0.29, 0.717) is 18.1 Å². The van der Waals surface area contributed by atoms with E-state index in [2.05, 4.69) is 20.6 Å². The lowest BCUT2D eigenvalue weighted by Gasteiger charge is -2.13. The molecule has 2 aromatic rings. The van der Waals surface area contributed by atoms with Crippen LogP contribution in [0.25, 0.3) is 0 Å². The Morgan fingerprint density at radius 3 is 2.62 bits per heavy atom. The molecule has 0 radical (unpaired) electrons. The van der Waals surface area contributed by atoms with Crippen molar-refractivity contribution in [3.63, 3.8) is 0 Å². The molecule has 2 N–H and O–H groups in total. The topological polar surface area (TPSA) is 54.2 Å². The summed E-state index contributed by atoms with van der Waals surface area (Å²) < 4.78 is 39.7. The van der Waals surface area contributed by atoms with E-state index in [-0.39, 0.29) is 42.2 Å². The normalized spacial score (nSPS) is 11.3. The summed E-state index contributed by atoms with van der Waals surface area (Å²) in [7, 11) is 1.56. The number of aliphatic imine (C=N–C) groups is 1. The van der Waals surface area contributed by atoms with Gasteiger partial charge in [-0.15, -0.1) is 24.0 Å². The molecule has 0 unspecified atom stereocenters. The van der Waals surface area contributed by atoms with Crippen molar-refractivity contribution >= 4 is 29.9 Å². The Hall–Kier alpha value is -1.78. The molecule has 0 aliphatic heterocycles. The van der Waals surface area contributed by atoms with E-state index in [1.807, 2.05) is 6.07 Å². The first-order valence-electron chi connectivity index (χ1n) is 7.00. The quantitative estimate of drug-likeness (QED) is 0.416. The number of alkyl halides is 2. The highest BCUT2D eigenvalue weighted by atomic mass is 127. The zero-order valence-electron chi connectivity index (χ0n) is 13.3. The summed E-state index contributed by atoms with van der Waals surface area (Å²) in [6.07, 6.45) is 2.53. The number of halogens is 4. The molecule has 1 aromatic carbocycles. The zero-order chi connectivity index (χ0) is 16.8. The fourth-order valence-corrected chi connectivity index (χ4v) is 1.97. The van der Waals surface area contributed by atoms with E-state index < -0.39 is 6.55 Å². The first kappa shape index (κ1) is 20.3. The van der Waals surface area contributed by atoms with Crippen LogP contribution in [0.5, 0.6) is 0 Å². The van der Waals surface area contributed by atoms with Crippen LogP contribution in [0, 0.1) is 12.7 Å². The van der Waals surface area contributed by atoms with Crippen molar-refractivity contribution in [3.8, 4) is 0 Å². The molecule has 1 heterocycles. The lowest BCUT2D eigenvalue weighted by atomic mass is 10.1. The molecular formula is C15H19F3IN5. The van der Waals surface area contributed by atoms with Crippen molar-refractivity contribution in [2.24, 2.45) is 4.99 Å². The van der Waals surface area contributed by atoms with E-state index in [1.54, 1.807) is 20.0 Å². The minimum Gasteiger partial charge on any atom is -0.352 e.